The number of nitrogens with one attached hydrogen (secondary N) is 1. The molecule has 44 heavy (non-hydrogen) atoms. The molecule has 3 aromatic carbocycles. The zero-order valence-electron chi connectivity index (χ0n) is 24.4. The molecule has 7 nitrogen and oxygen atoms in total. The minimum atomic E-state index is -4.50. The lowest BCUT2D eigenvalue weighted by atomic mass is 10.0. The Bertz CT molecular complexity index is 1580. The number of carboxylic acid groups (broad SMARTS) is 1. The number of hydrogen-bond acceptors (Lipinski definition) is 6. The fourth-order valence-corrected chi connectivity index (χ4v) is 4.57. The van der Waals surface area contributed by atoms with Gasteiger partial charge in [0.05, 0.1) is 17.9 Å². The molecule has 0 fully saturated rings. The van der Waals surface area contributed by atoms with E-state index in [9.17, 15) is 27.9 Å². The van der Waals surface area contributed by atoms with Crippen molar-refractivity contribution < 1.29 is 37.0 Å². The summed E-state index contributed by atoms with van der Waals surface area (Å²) in [6, 6.07) is 19.7. The molecule has 1 atom stereocenters. The Hall–Kier alpha value is -4.86. The molecule has 0 bridgehead atoms. The number of halogens is 3. The van der Waals surface area contributed by atoms with Crippen LogP contribution in [-0.2, 0) is 30.2 Å². The number of nitrogens with zero attached hydrogens (tertiary/aromatic N) is 1. The van der Waals surface area contributed by atoms with E-state index in [1.165, 1.54) is 13.0 Å². The number of aromatic nitrogens is 1. The molecule has 0 aliphatic rings. The maximum absolute atomic E-state index is 12.8. The van der Waals surface area contributed by atoms with Gasteiger partial charge in [-0.2, -0.15) is 13.2 Å². The highest BCUT2D eigenvalue weighted by Crippen LogP contribution is 2.29. The van der Waals surface area contributed by atoms with E-state index in [-0.39, 0.29) is 17.7 Å². The Morgan fingerprint density at radius 2 is 1.70 bits per heavy atom. The van der Waals surface area contributed by atoms with Gasteiger partial charge < -0.3 is 19.6 Å². The van der Waals surface area contributed by atoms with Gasteiger partial charge in [0.1, 0.15) is 17.6 Å². The molecule has 4 aromatic rings. The molecule has 0 unspecified atom stereocenters. The molecule has 1 aromatic heterocycles. The van der Waals surface area contributed by atoms with Crippen molar-refractivity contribution in [3.8, 4) is 17.2 Å². The van der Waals surface area contributed by atoms with Crippen LogP contribution in [0.2, 0.25) is 0 Å². The SMILES string of the molecule is CCc1oc(-c2ccccc2)nc1CCCOc1ccc(C[C@H](N/C(C)=C/C(=O)c2ccc(C(F)(F)F)cc2)C(=O)O)cc1. The lowest BCUT2D eigenvalue weighted by molar-refractivity contribution is -0.139. The lowest BCUT2D eigenvalue weighted by Crippen LogP contribution is -2.37. The van der Waals surface area contributed by atoms with Crippen LogP contribution in [0.5, 0.6) is 5.75 Å². The van der Waals surface area contributed by atoms with E-state index in [0.717, 1.165) is 59.7 Å². The molecule has 0 saturated heterocycles. The van der Waals surface area contributed by atoms with Crippen LogP contribution in [0, 0.1) is 0 Å². The number of aryl methyl sites for hydroxylation is 2. The van der Waals surface area contributed by atoms with Gasteiger partial charge in [-0.05, 0) is 61.7 Å². The first-order valence-corrected chi connectivity index (χ1v) is 14.2. The number of benzene rings is 3. The number of alkyl halides is 3. The minimum absolute atomic E-state index is 0.0605. The second-order valence-corrected chi connectivity index (χ2v) is 10.2. The third-order valence-electron chi connectivity index (χ3n) is 6.85. The second-order valence-electron chi connectivity index (χ2n) is 10.2. The van der Waals surface area contributed by atoms with Crippen LogP contribution in [0.3, 0.4) is 0 Å². The van der Waals surface area contributed by atoms with Gasteiger partial charge >= 0.3 is 12.1 Å². The molecule has 2 N–H and O–H groups in total. The summed E-state index contributed by atoms with van der Waals surface area (Å²) in [6.45, 7) is 4.02. The molecule has 0 spiro atoms. The summed E-state index contributed by atoms with van der Waals surface area (Å²) in [5, 5.41) is 12.5. The van der Waals surface area contributed by atoms with Crippen LogP contribution in [0.1, 0.15) is 53.2 Å². The lowest BCUT2D eigenvalue weighted by Gasteiger charge is -2.16. The number of aliphatic carboxylic acids is 1. The van der Waals surface area contributed by atoms with Crippen LogP contribution in [0.25, 0.3) is 11.5 Å². The molecule has 230 valence electrons. The Kier molecular flexibility index (Phi) is 10.6. The first-order valence-electron chi connectivity index (χ1n) is 14.2. The Labute approximate surface area is 253 Å². The van der Waals surface area contributed by atoms with Crippen molar-refractivity contribution in [3.05, 3.63) is 119 Å². The highest BCUT2D eigenvalue weighted by Gasteiger charge is 2.30. The van der Waals surface area contributed by atoms with Crippen LogP contribution in [0.15, 0.2) is 95.1 Å². The van der Waals surface area contributed by atoms with Crippen LogP contribution in [-0.4, -0.2) is 34.5 Å². The van der Waals surface area contributed by atoms with Crippen molar-refractivity contribution in [2.45, 2.75) is 51.7 Å². The molecule has 0 amide bonds. The summed E-state index contributed by atoms with van der Waals surface area (Å²) < 4.78 is 50.2. The summed E-state index contributed by atoms with van der Waals surface area (Å²) in [4.78, 5) is 29.0. The quantitative estimate of drug-likeness (QED) is 0.0882. The van der Waals surface area contributed by atoms with Gasteiger partial charge in [-0.3, -0.25) is 4.79 Å². The van der Waals surface area contributed by atoms with Crippen molar-refractivity contribution >= 4 is 11.8 Å². The van der Waals surface area contributed by atoms with Gasteiger partial charge in [0.15, 0.2) is 5.78 Å². The molecule has 10 heteroatoms. The maximum atomic E-state index is 12.8. The van der Waals surface area contributed by atoms with E-state index in [2.05, 4.69) is 10.3 Å². The minimum Gasteiger partial charge on any atom is -0.494 e. The van der Waals surface area contributed by atoms with Gasteiger partial charge in [0, 0.05) is 35.7 Å². The molecular weight excluding hydrogens is 573 g/mol. The zero-order chi connectivity index (χ0) is 31.7. The molecule has 0 saturated carbocycles. The smallest absolute Gasteiger partial charge is 0.416 e. The van der Waals surface area contributed by atoms with Crippen molar-refractivity contribution in [3.63, 3.8) is 0 Å². The molecule has 1 heterocycles. The van der Waals surface area contributed by atoms with E-state index < -0.39 is 29.5 Å². The summed E-state index contributed by atoms with van der Waals surface area (Å²) >= 11 is 0. The van der Waals surface area contributed by atoms with E-state index in [0.29, 0.717) is 24.7 Å². The largest absolute Gasteiger partial charge is 0.494 e. The van der Waals surface area contributed by atoms with Gasteiger partial charge in [0.25, 0.3) is 0 Å². The van der Waals surface area contributed by atoms with E-state index >= 15 is 0 Å². The average molecular weight is 607 g/mol. The van der Waals surface area contributed by atoms with E-state index in [1.54, 1.807) is 24.3 Å². The molecule has 0 radical (unpaired) electrons. The highest BCUT2D eigenvalue weighted by molar-refractivity contribution is 6.04. The standard InChI is InChI=1S/C34H33F3N2O5/c1-3-31-28(39-32(44-31)25-8-5-4-6-9-25)10-7-19-43-27-17-11-23(12-18-27)21-29(33(41)42)38-22(2)20-30(40)24-13-15-26(16-14-24)34(35,36)37/h4-6,8-9,11-18,20,29,38H,3,7,10,19,21H2,1-2H3,(H,41,42)/b22-20+/t29-/m0/s1. The van der Waals surface area contributed by atoms with E-state index in [4.69, 9.17) is 9.15 Å². The number of oxazole rings is 1. The molecule has 4 rings (SSSR count). The number of rotatable bonds is 14. The Morgan fingerprint density at radius 3 is 2.32 bits per heavy atom. The number of hydrogen-bond donors (Lipinski definition) is 2. The van der Waals surface area contributed by atoms with Gasteiger partial charge in [-0.15, -0.1) is 0 Å². The van der Waals surface area contributed by atoms with Crippen molar-refractivity contribution in [2.24, 2.45) is 0 Å². The molecular formula is C34H33F3N2O5. The van der Waals surface area contributed by atoms with Gasteiger partial charge in [-0.25, -0.2) is 9.78 Å². The van der Waals surface area contributed by atoms with Gasteiger partial charge in [0.2, 0.25) is 5.89 Å². The summed E-state index contributed by atoms with van der Waals surface area (Å²) in [5.41, 5.74) is 2.07. The van der Waals surface area contributed by atoms with Crippen molar-refractivity contribution in [1.82, 2.24) is 10.3 Å². The van der Waals surface area contributed by atoms with Crippen LogP contribution >= 0.6 is 0 Å². The fraction of sp³-hybridized carbons (Fsp3) is 0.265. The fourth-order valence-electron chi connectivity index (χ4n) is 4.57. The summed E-state index contributed by atoms with van der Waals surface area (Å²) in [5.74, 6) is 0.464. The Balaban J connectivity index is 1.27. The number of ketones is 1. The van der Waals surface area contributed by atoms with Crippen molar-refractivity contribution in [1.29, 1.82) is 0 Å². The number of allylic oxidation sites excluding steroid dienone is 2. The monoisotopic (exact) mass is 606 g/mol. The zero-order valence-corrected chi connectivity index (χ0v) is 24.4. The first kappa shape index (κ1) is 32.1. The summed E-state index contributed by atoms with van der Waals surface area (Å²) in [7, 11) is 0. The number of carbonyl (C=O) groups excluding carboxylic acids is 1. The van der Waals surface area contributed by atoms with E-state index in [1.807, 2.05) is 37.3 Å². The average Bonchev–Trinajstić information content (AvgIpc) is 3.43. The second kappa shape index (κ2) is 14.5. The number of ether oxygens (including phenoxy) is 1. The third-order valence-corrected chi connectivity index (χ3v) is 6.85. The number of carbonyl (C=O) groups is 2. The molecule has 0 aliphatic carbocycles. The topological polar surface area (TPSA) is 102 Å². The molecule has 0 aliphatic heterocycles. The third kappa shape index (κ3) is 8.82. The Morgan fingerprint density at radius 1 is 1.02 bits per heavy atom. The maximum Gasteiger partial charge on any atom is 0.416 e. The van der Waals surface area contributed by atoms with Gasteiger partial charge in [-0.1, -0.05) is 49.4 Å². The number of carboxylic acids is 1. The highest BCUT2D eigenvalue weighted by atomic mass is 19.4. The summed E-state index contributed by atoms with van der Waals surface area (Å²) in [6.07, 6.45) is -1.02. The van der Waals surface area contributed by atoms with Crippen LogP contribution in [0.4, 0.5) is 13.2 Å². The normalized spacial score (nSPS) is 12.5. The predicted molar refractivity (Wildman–Crippen MR) is 159 cm³/mol. The van der Waals surface area contributed by atoms with Crippen molar-refractivity contribution in [2.75, 3.05) is 6.61 Å². The first-order chi connectivity index (χ1) is 21.0. The van der Waals surface area contributed by atoms with Crippen LogP contribution < -0.4 is 10.1 Å². The predicted octanol–water partition coefficient (Wildman–Crippen LogP) is 7.31.